The van der Waals surface area contributed by atoms with Gasteiger partial charge in [-0.1, -0.05) is 19.8 Å². The number of unbranched alkanes of at least 4 members (excludes halogenated alkanes) is 2. The number of rotatable bonds is 6. The molecule has 1 N–H and O–H groups in total. The van der Waals surface area contributed by atoms with E-state index in [0.717, 1.165) is 32.5 Å². The van der Waals surface area contributed by atoms with Crippen LogP contribution >= 0.6 is 0 Å². The molecule has 1 aliphatic rings. The van der Waals surface area contributed by atoms with Gasteiger partial charge in [0.25, 0.3) is 0 Å². The molecule has 1 fully saturated rings. The molecule has 0 aliphatic carbocycles. The van der Waals surface area contributed by atoms with Crippen molar-refractivity contribution >= 4 is 5.97 Å². The number of likely N-dealkylation sites (tertiary alicyclic amines) is 1. The van der Waals surface area contributed by atoms with Crippen molar-refractivity contribution in [2.24, 2.45) is 0 Å². The van der Waals surface area contributed by atoms with Gasteiger partial charge in [-0.25, -0.2) is 0 Å². The molecule has 1 saturated heterocycles. The van der Waals surface area contributed by atoms with Crippen molar-refractivity contribution in [2.75, 3.05) is 33.7 Å². The zero-order chi connectivity index (χ0) is 12.9. The topological polar surface area (TPSA) is 43.8 Å². The van der Waals surface area contributed by atoms with Gasteiger partial charge in [-0.3, -0.25) is 9.69 Å². The molecule has 17 heavy (non-hydrogen) atoms. The first kappa shape index (κ1) is 14.5. The predicted molar refractivity (Wildman–Crippen MR) is 69.3 cm³/mol. The standard InChI is InChI=1S/C13H26N2O2/c1-4-5-6-9-15-10-7-13(8-11-15,12(16)17)14(2)3/h4-11H2,1-3H3,(H,16,17). The molecule has 1 heterocycles. The van der Waals surface area contributed by atoms with Gasteiger partial charge < -0.3 is 10.0 Å². The lowest BCUT2D eigenvalue weighted by molar-refractivity contribution is -0.153. The Kier molecular flexibility index (Phi) is 5.40. The van der Waals surface area contributed by atoms with Crippen LogP contribution in [0.1, 0.15) is 39.0 Å². The molecule has 0 bridgehead atoms. The lowest BCUT2D eigenvalue weighted by atomic mass is 9.86. The number of nitrogens with zero attached hydrogens (tertiary/aromatic N) is 2. The summed E-state index contributed by atoms with van der Waals surface area (Å²) in [5, 5.41) is 9.40. The summed E-state index contributed by atoms with van der Waals surface area (Å²) in [6.45, 7) is 5.15. The van der Waals surface area contributed by atoms with E-state index in [9.17, 15) is 9.90 Å². The molecular formula is C13H26N2O2. The van der Waals surface area contributed by atoms with Gasteiger partial charge in [0.05, 0.1) is 0 Å². The molecule has 100 valence electrons. The summed E-state index contributed by atoms with van der Waals surface area (Å²) >= 11 is 0. The summed E-state index contributed by atoms with van der Waals surface area (Å²) in [6.07, 6.45) is 5.22. The van der Waals surface area contributed by atoms with Gasteiger partial charge in [-0.05, 0) is 39.9 Å². The largest absolute Gasteiger partial charge is 0.480 e. The van der Waals surface area contributed by atoms with Crippen LogP contribution in [-0.2, 0) is 4.79 Å². The zero-order valence-corrected chi connectivity index (χ0v) is 11.4. The Labute approximate surface area is 105 Å². The minimum absolute atomic E-state index is 0.638. The Morgan fingerprint density at radius 3 is 2.29 bits per heavy atom. The smallest absolute Gasteiger partial charge is 0.324 e. The second-order valence-electron chi connectivity index (χ2n) is 5.28. The Balaban J connectivity index is 2.45. The second kappa shape index (κ2) is 6.36. The fourth-order valence-corrected chi connectivity index (χ4v) is 2.58. The molecule has 1 rings (SSSR count). The second-order valence-corrected chi connectivity index (χ2v) is 5.28. The summed E-state index contributed by atoms with van der Waals surface area (Å²) in [7, 11) is 3.75. The van der Waals surface area contributed by atoms with E-state index in [1.807, 2.05) is 19.0 Å². The van der Waals surface area contributed by atoms with Crippen LogP contribution < -0.4 is 0 Å². The number of carboxylic acids is 1. The number of aliphatic carboxylic acids is 1. The highest BCUT2D eigenvalue weighted by Gasteiger charge is 2.43. The Hall–Kier alpha value is -0.610. The van der Waals surface area contributed by atoms with Crippen LogP contribution in [0.2, 0.25) is 0 Å². The summed E-state index contributed by atoms with van der Waals surface area (Å²) in [5.41, 5.74) is -0.638. The van der Waals surface area contributed by atoms with Crippen molar-refractivity contribution < 1.29 is 9.90 Å². The van der Waals surface area contributed by atoms with Gasteiger partial charge in [0.1, 0.15) is 5.54 Å². The third-order valence-electron chi connectivity index (χ3n) is 4.02. The van der Waals surface area contributed by atoms with Crippen LogP contribution in [0.5, 0.6) is 0 Å². The van der Waals surface area contributed by atoms with Crippen LogP contribution in [0, 0.1) is 0 Å². The first-order valence-electron chi connectivity index (χ1n) is 6.66. The minimum Gasteiger partial charge on any atom is -0.480 e. The van der Waals surface area contributed by atoms with Gasteiger partial charge in [0.2, 0.25) is 0 Å². The molecule has 0 spiro atoms. The molecule has 0 saturated carbocycles. The number of carboxylic acid groups (broad SMARTS) is 1. The van der Waals surface area contributed by atoms with E-state index in [-0.39, 0.29) is 0 Å². The van der Waals surface area contributed by atoms with Gasteiger partial charge in [0.15, 0.2) is 0 Å². The summed E-state index contributed by atoms with van der Waals surface area (Å²) < 4.78 is 0. The predicted octanol–water partition coefficient (Wildman–Crippen LogP) is 1.66. The van der Waals surface area contributed by atoms with Crippen LogP contribution in [-0.4, -0.2) is 60.1 Å². The van der Waals surface area contributed by atoms with Crippen molar-refractivity contribution in [3.63, 3.8) is 0 Å². The summed E-state index contributed by atoms with van der Waals surface area (Å²) in [5.74, 6) is -0.671. The third-order valence-corrected chi connectivity index (χ3v) is 4.02. The van der Waals surface area contributed by atoms with Crippen LogP contribution in [0.15, 0.2) is 0 Å². The van der Waals surface area contributed by atoms with Crippen LogP contribution in [0.3, 0.4) is 0 Å². The Morgan fingerprint density at radius 2 is 1.88 bits per heavy atom. The highest BCUT2D eigenvalue weighted by Crippen LogP contribution is 2.27. The molecule has 4 heteroatoms. The molecule has 0 atom stereocenters. The maximum Gasteiger partial charge on any atom is 0.324 e. The maximum atomic E-state index is 11.4. The van der Waals surface area contributed by atoms with Gasteiger partial charge in [-0.15, -0.1) is 0 Å². The normalized spacial score (nSPS) is 20.7. The molecule has 0 radical (unpaired) electrons. The Morgan fingerprint density at radius 1 is 1.29 bits per heavy atom. The van der Waals surface area contributed by atoms with Crippen molar-refractivity contribution in [1.29, 1.82) is 0 Å². The van der Waals surface area contributed by atoms with Crippen molar-refractivity contribution in [1.82, 2.24) is 9.80 Å². The van der Waals surface area contributed by atoms with Crippen molar-refractivity contribution in [3.05, 3.63) is 0 Å². The van der Waals surface area contributed by atoms with Gasteiger partial charge in [0, 0.05) is 13.1 Å². The third kappa shape index (κ3) is 3.42. The average Bonchev–Trinajstić information content (AvgIpc) is 2.29. The van der Waals surface area contributed by atoms with Crippen LogP contribution in [0.25, 0.3) is 0 Å². The highest BCUT2D eigenvalue weighted by atomic mass is 16.4. The molecule has 0 amide bonds. The maximum absolute atomic E-state index is 11.4. The molecular weight excluding hydrogens is 216 g/mol. The van der Waals surface area contributed by atoms with Crippen LogP contribution in [0.4, 0.5) is 0 Å². The monoisotopic (exact) mass is 242 g/mol. The zero-order valence-electron chi connectivity index (χ0n) is 11.4. The van der Waals surface area contributed by atoms with E-state index in [1.54, 1.807) is 0 Å². The molecule has 0 aromatic carbocycles. The summed E-state index contributed by atoms with van der Waals surface area (Å²) in [6, 6.07) is 0. The number of carbonyl (C=O) groups is 1. The van der Waals surface area contributed by atoms with E-state index >= 15 is 0 Å². The fraction of sp³-hybridized carbons (Fsp3) is 0.923. The molecule has 0 aromatic rings. The lowest BCUT2D eigenvalue weighted by Gasteiger charge is -2.42. The van der Waals surface area contributed by atoms with E-state index in [4.69, 9.17) is 0 Å². The molecule has 4 nitrogen and oxygen atoms in total. The van der Waals surface area contributed by atoms with E-state index < -0.39 is 11.5 Å². The number of likely N-dealkylation sites (N-methyl/N-ethyl adjacent to an activating group) is 1. The highest BCUT2D eigenvalue weighted by molar-refractivity contribution is 5.78. The number of hydrogen-bond acceptors (Lipinski definition) is 3. The van der Waals surface area contributed by atoms with E-state index in [2.05, 4.69) is 11.8 Å². The average molecular weight is 242 g/mol. The SMILES string of the molecule is CCCCCN1CCC(C(=O)O)(N(C)C)CC1. The first-order chi connectivity index (χ1) is 8.03. The van der Waals surface area contributed by atoms with Crippen molar-refractivity contribution in [3.8, 4) is 0 Å². The molecule has 0 aromatic heterocycles. The summed E-state index contributed by atoms with van der Waals surface area (Å²) in [4.78, 5) is 15.7. The van der Waals surface area contributed by atoms with E-state index in [1.165, 1.54) is 19.3 Å². The number of piperidine rings is 1. The Bertz CT molecular complexity index is 246. The number of hydrogen-bond donors (Lipinski definition) is 1. The lowest BCUT2D eigenvalue weighted by Crippen LogP contribution is -2.57. The van der Waals surface area contributed by atoms with Gasteiger partial charge in [-0.2, -0.15) is 0 Å². The van der Waals surface area contributed by atoms with E-state index in [0.29, 0.717) is 0 Å². The quantitative estimate of drug-likeness (QED) is 0.719. The first-order valence-corrected chi connectivity index (χ1v) is 6.66. The fourth-order valence-electron chi connectivity index (χ4n) is 2.58. The minimum atomic E-state index is -0.671. The molecule has 1 aliphatic heterocycles. The molecule has 0 unspecified atom stereocenters. The van der Waals surface area contributed by atoms with Gasteiger partial charge >= 0.3 is 5.97 Å². The van der Waals surface area contributed by atoms with Crippen molar-refractivity contribution in [2.45, 2.75) is 44.6 Å².